The molecule has 0 radical (unpaired) electrons. The number of halogens is 2. The number of esters is 1. The van der Waals surface area contributed by atoms with Crippen molar-refractivity contribution in [3.63, 3.8) is 0 Å². The fourth-order valence-corrected chi connectivity index (χ4v) is 3.65. The molecule has 1 aromatic carbocycles. The maximum Gasteiger partial charge on any atom is 0.325 e. The fraction of sp³-hybridized carbons (Fsp3) is 0.211. The van der Waals surface area contributed by atoms with Crippen LogP contribution in [0.2, 0.25) is 0 Å². The summed E-state index contributed by atoms with van der Waals surface area (Å²) in [6, 6.07) is 8.62. The maximum atomic E-state index is 13.9. The normalized spacial score (nSPS) is 10.9. The summed E-state index contributed by atoms with van der Waals surface area (Å²) in [5.41, 5.74) is 0.553. The third-order valence-corrected chi connectivity index (χ3v) is 4.92. The number of nitrogens with zero attached hydrogens (tertiary/aromatic N) is 2. The Morgan fingerprint density at radius 2 is 2.07 bits per heavy atom. The van der Waals surface area contributed by atoms with Crippen molar-refractivity contribution >= 4 is 28.8 Å². The molecule has 0 aliphatic carbocycles. The first-order chi connectivity index (χ1) is 13.0. The van der Waals surface area contributed by atoms with Gasteiger partial charge < -0.3 is 9.30 Å². The highest BCUT2D eigenvalue weighted by Gasteiger charge is 2.15. The van der Waals surface area contributed by atoms with Crippen LogP contribution in [0, 0.1) is 11.6 Å². The van der Waals surface area contributed by atoms with Crippen LogP contribution in [0.15, 0.2) is 52.4 Å². The maximum absolute atomic E-state index is 13.9. The van der Waals surface area contributed by atoms with Gasteiger partial charge in [-0.3, -0.25) is 14.6 Å². The monoisotopic (exact) mass is 390 g/mol. The first-order valence-corrected chi connectivity index (χ1v) is 9.19. The van der Waals surface area contributed by atoms with Crippen LogP contribution in [-0.4, -0.2) is 22.1 Å². The van der Waals surface area contributed by atoms with Crippen LogP contribution < -0.4 is 5.43 Å². The van der Waals surface area contributed by atoms with Crippen LogP contribution >= 0.6 is 11.8 Å². The van der Waals surface area contributed by atoms with Gasteiger partial charge in [-0.15, -0.1) is 11.8 Å². The Balaban J connectivity index is 2.01. The number of ether oxygens (including phenoxy) is 1. The molecule has 0 saturated heterocycles. The summed E-state index contributed by atoms with van der Waals surface area (Å²) in [5, 5.41) is 0.442. The topological polar surface area (TPSA) is 61.2 Å². The molecule has 0 spiro atoms. The minimum absolute atomic E-state index is 0.0949. The predicted molar refractivity (Wildman–Crippen MR) is 98.6 cm³/mol. The zero-order valence-corrected chi connectivity index (χ0v) is 15.3. The molecule has 27 heavy (non-hydrogen) atoms. The van der Waals surface area contributed by atoms with E-state index in [2.05, 4.69) is 4.98 Å². The number of fused-ring (bicyclic) bond motifs is 1. The molecule has 5 nitrogen and oxygen atoms in total. The molecule has 0 amide bonds. The summed E-state index contributed by atoms with van der Waals surface area (Å²) < 4.78 is 33.9. The highest BCUT2D eigenvalue weighted by molar-refractivity contribution is 7.98. The second-order valence-electron chi connectivity index (χ2n) is 5.61. The number of pyridine rings is 2. The number of aromatic nitrogens is 2. The van der Waals surface area contributed by atoms with Crippen molar-refractivity contribution < 1.29 is 18.3 Å². The zero-order valence-electron chi connectivity index (χ0n) is 14.4. The van der Waals surface area contributed by atoms with Gasteiger partial charge in [-0.2, -0.15) is 0 Å². The average molecular weight is 390 g/mol. The van der Waals surface area contributed by atoms with Gasteiger partial charge in [0.15, 0.2) is 11.6 Å². The molecule has 0 aliphatic rings. The van der Waals surface area contributed by atoms with E-state index in [4.69, 9.17) is 4.74 Å². The molecule has 140 valence electrons. The van der Waals surface area contributed by atoms with Crippen molar-refractivity contribution in [2.45, 2.75) is 24.2 Å². The lowest BCUT2D eigenvalue weighted by Gasteiger charge is -2.15. The van der Waals surface area contributed by atoms with E-state index in [1.54, 1.807) is 23.6 Å². The minimum Gasteiger partial charge on any atom is -0.465 e. The largest absolute Gasteiger partial charge is 0.465 e. The van der Waals surface area contributed by atoms with Crippen LogP contribution in [0.3, 0.4) is 0 Å². The van der Waals surface area contributed by atoms with Crippen LogP contribution in [0.5, 0.6) is 0 Å². The van der Waals surface area contributed by atoms with Gasteiger partial charge in [0.1, 0.15) is 12.1 Å². The van der Waals surface area contributed by atoms with Gasteiger partial charge in [-0.25, -0.2) is 8.78 Å². The van der Waals surface area contributed by atoms with Gasteiger partial charge in [0, 0.05) is 23.6 Å². The Labute approximate surface area is 158 Å². The average Bonchev–Trinajstić information content (AvgIpc) is 2.66. The molecule has 2 heterocycles. The summed E-state index contributed by atoms with van der Waals surface area (Å²) in [7, 11) is 0. The third-order valence-electron chi connectivity index (χ3n) is 3.83. The predicted octanol–water partition coefficient (Wildman–Crippen LogP) is 3.53. The smallest absolute Gasteiger partial charge is 0.325 e. The van der Waals surface area contributed by atoms with Gasteiger partial charge in [-0.1, -0.05) is 12.1 Å². The lowest BCUT2D eigenvalue weighted by atomic mass is 10.2. The summed E-state index contributed by atoms with van der Waals surface area (Å²) in [6.07, 6.45) is 1.49. The van der Waals surface area contributed by atoms with E-state index >= 15 is 0 Å². The Hall–Kier alpha value is -2.74. The Bertz CT molecular complexity index is 1050. The quantitative estimate of drug-likeness (QED) is 0.476. The van der Waals surface area contributed by atoms with Crippen molar-refractivity contribution in [1.29, 1.82) is 0 Å². The van der Waals surface area contributed by atoms with Gasteiger partial charge in [0.05, 0.1) is 17.1 Å². The Morgan fingerprint density at radius 1 is 1.26 bits per heavy atom. The van der Waals surface area contributed by atoms with Crippen molar-refractivity contribution in [3.05, 3.63) is 70.0 Å². The number of hydrogen-bond donors (Lipinski definition) is 0. The molecule has 0 saturated carbocycles. The standard InChI is InChI=1S/C19H16F2N2O3S/c1-2-26-17(25)10-23-14-7-4-8-22-19(14)15(24)9-16(23)27-11-12-5-3-6-13(20)18(12)21/h3-9H,2,10-11H2,1H3. The molecule has 2 aromatic heterocycles. The summed E-state index contributed by atoms with van der Waals surface area (Å²) in [6.45, 7) is 1.81. The molecule has 0 fully saturated rings. The third kappa shape index (κ3) is 4.16. The molecular weight excluding hydrogens is 374 g/mol. The van der Waals surface area contributed by atoms with Crippen molar-refractivity contribution in [3.8, 4) is 0 Å². The molecule has 0 atom stereocenters. The first kappa shape index (κ1) is 19.0. The summed E-state index contributed by atoms with van der Waals surface area (Å²) in [4.78, 5) is 28.4. The number of carbonyl (C=O) groups excluding carboxylic acids is 1. The summed E-state index contributed by atoms with van der Waals surface area (Å²) >= 11 is 1.13. The number of thioether (sulfide) groups is 1. The first-order valence-electron chi connectivity index (χ1n) is 8.21. The van der Waals surface area contributed by atoms with Crippen molar-refractivity contribution in [2.24, 2.45) is 0 Å². The van der Waals surface area contributed by atoms with Crippen molar-refractivity contribution in [1.82, 2.24) is 9.55 Å². The number of hydrogen-bond acceptors (Lipinski definition) is 5. The lowest BCUT2D eigenvalue weighted by Crippen LogP contribution is -2.19. The van der Waals surface area contributed by atoms with Gasteiger partial charge in [0.2, 0.25) is 5.43 Å². The number of rotatable bonds is 6. The molecular formula is C19H16F2N2O3S. The second-order valence-corrected chi connectivity index (χ2v) is 6.61. The van der Waals surface area contributed by atoms with E-state index in [1.807, 2.05) is 0 Å². The fourth-order valence-electron chi connectivity index (χ4n) is 2.61. The van der Waals surface area contributed by atoms with E-state index < -0.39 is 17.6 Å². The van der Waals surface area contributed by atoms with Gasteiger partial charge in [-0.05, 0) is 25.1 Å². The summed E-state index contributed by atoms with van der Waals surface area (Å²) in [5.74, 6) is -2.23. The molecule has 0 aliphatic heterocycles. The Morgan fingerprint density at radius 3 is 2.85 bits per heavy atom. The van der Waals surface area contributed by atoms with E-state index in [9.17, 15) is 18.4 Å². The molecule has 0 N–H and O–H groups in total. The number of carbonyl (C=O) groups is 1. The van der Waals surface area contributed by atoms with E-state index in [-0.39, 0.29) is 35.4 Å². The Kier molecular flexibility index (Phi) is 5.85. The molecule has 0 bridgehead atoms. The van der Waals surface area contributed by atoms with E-state index in [0.29, 0.717) is 10.5 Å². The minimum atomic E-state index is -0.931. The lowest BCUT2D eigenvalue weighted by molar-refractivity contribution is -0.143. The number of benzene rings is 1. The van der Waals surface area contributed by atoms with E-state index in [0.717, 1.165) is 17.8 Å². The van der Waals surface area contributed by atoms with Gasteiger partial charge in [0.25, 0.3) is 0 Å². The van der Waals surface area contributed by atoms with Crippen LogP contribution in [0.4, 0.5) is 8.78 Å². The van der Waals surface area contributed by atoms with E-state index in [1.165, 1.54) is 24.4 Å². The van der Waals surface area contributed by atoms with Crippen LogP contribution in [0.1, 0.15) is 12.5 Å². The van der Waals surface area contributed by atoms with Crippen LogP contribution in [-0.2, 0) is 21.8 Å². The van der Waals surface area contributed by atoms with Crippen LogP contribution in [0.25, 0.3) is 11.0 Å². The molecule has 8 heteroatoms. The zero-order chi connectivity index (χ0) is 19.4. The highest BCUT2D eigenvalue weighted by atomic mass is 32.2. The van der Waals surface area contributed by atoms with Crippen molar-refractivity contribution in [2.75, 3.05) is 6.61 Å². The SMILES string of the molecule is CCOC(=O)Cn1c(SCc2cccc(F)c2F)cc(=O)c2ncccc21. The molecule has 3 aromatic rings. The molecule has 0 unspecified atom stereocenters. The highest BCUT2D eigenvalue weighted by Crippen LogP contribution is 2.26. The van der Waals surface area contributed by atoms with Gasteiger partial charge >= 0.3 is 5.97 Å². The molecule has 3 rings (SSSR count). The second kappa shape index (κ2) is 8.30.